The fourth-order valence-electron chi connectivity index (χ4n) is 3.28. The van der Waals surface area contributed by atoms with Crippen LogP contribution in [-0.2, 0) is 4.74 Å². The van der Waals surface area contributed by atoms with Gasteiger partial charge in [-0.25, -0.2) is 0 Å². The number of Topliss-reactive ketones (excluding diaryl/α,β-unsaturated/α-hetero) is 2. The fourth-order valence-corrected chi connectivity index (χ4v) is 3.28. The molecule has 2 aliphatic rings. The summed E-state index contributed by atoms with van der Waals surface area (Å²) in [4.78, 5) is 25.2. The number of hydrogen-bond donors (Lipinski definition) is 0. The lowest BCUT2D eigenvalue weighted by Crippen LogP contribution is -2.44. The van der Waals surface area contributed by atoms with E-state index in [9.17, 15) is 9.59 Å². The Kier molecular flexibility index (Phi) is 2.26. The molecule has 1 saturated heterocycles. The van der Waals surface area contributed by atoms with E-state index in [1.807, 2.05) is 13.8 Å². The van der Waals surface area contributed by atoms with Crippen molar-refractivity contribution in [2.24, 2.45) is 0 Å². The lowest BCUT2D eigenvalue weighted by atomic mass is 9.71. The van der Waals surface area contributed by atoms with Crippen LogP contribution in [0.1, 0.15) is 53.8 Å². The van der Waals surface area contributed by atoms with Crippen LogP contribution in [0.3, 0.4) is 0 Å². The maximum Gasteiger partial charge on any atom is 0.198 e. The average Bonchev–Trinajstić information content (AvgIpc) is 3.08. The number of epoxide rings is 1. The first-order valence-corrected chi connectivity index (χ1v) is 6.52. The Bertz CT molecular complexity index is 548. The summed E-state index contributed by atoms with van der Waals surface area (Å²) >= 11 is 0. The number of hydrogen-bond acceptors (Lipinski definition) is 3. The summed E-state index contributed by atoms with van der Waals surface area (Å²) in [6.07, 6.45) is 2.02. The molecule has 0 bridgehead atoms. The van der Waals surface area contributed by atoms with Gasteiger partial charge >= 0.3 is 0 Å². The Morgan fingerprint density at radius 1 is 1.00 bits per heavy atom. The van der Waals surface area contributed by atoms with Crippen LogP contribution in [0.5, 0.6) is 0 Å². The number of ether oxygens (including phenoxy) is 1. The molecule has 1 aliphatic carbocycles. The standard InChI is InChI=1S/C15H16O3/c1-3-9-15-13(17)11-8-6-5-7-10(11)12(16)14(15,4-2)18-15/h5-8H,3-4,9H2,1-2H3. The van der Waals surface area contributed by atoms with Crippen LogP contribution in [0.2, 0.25) is 0 Å². The summed E-state index contributed by atoms with van der Waals surface area (Å²) in [7, 11) is 0. The molecule has 3 nitrogen and oxygen atoms in total. The van der Waals surface area contributed by atoms with Crippen molar-refractivity contribution >= 4 is 11.6 Å². The highest BCUT2D eigenvalue weighted by molar-refractivity contribution is 6.25. The zero-order valence-corrected chi connectivity index (χ0v) is 10.7. The molecule has 1 fully saturated rings. The number of benzene rings is 1. The molecule has 0 radical (unpaired) electrons. The third-order valence-electron chi connectivity index (χ3n) is 4.21. The third-order valence-corrected chi connectivity index (χ3v) is 4.21. The van der Waals surface area contributed by atoms with Gasteiger partial charge in [-0.15, -0.1) is 0 Å². The molecule has 0 amide bonds. The van der Waals surface area contributed by atoms with Crippen molar-refractivity contribution in [3.63, 3.8) is 0 Å². The van der Waals surface area contributed by atoms with E-state index >= 15 is 0 Å². The molecule has 0 spiro atoms. The van der Waals surface area contributed by atoms with Crippen LogP contribution in [0, 0.1) is 0 Å². The normalized spacial score (nSPS) is 33.0. The van der Waals surface area contributed by atoms with Gasteiger partial charge < -0.3 is 4.74 Å². The smallest absolute Gasteiger partial charge is 0.198 e. The van der Waals surface area contributed by atoms with Crippen LogP contribution in [0.4, 0.5) is 0 Å². The van der Waals surface area contributed by atoms with Gasteiger partial charge in [0.2, 0.25) is 0 Å². The first-order valence-electron chi connectivity index (χ1n) is 6.52. The number of fused-ring (bicyclic) bond motifs is 2. The summed E-state index contributed by atoms with van der Waals surface area (Å²) in [6, 6.07) is 7.05. The molecule has 0 N–H and O–H groups in total. The summed E-state index contributed by atoms with van der Waals surface area (Å²) in [6.45, 7) is 3.92. The first kappa shape index (κ1) is 11.6. The van der Waals surface area contributed by atoms with Gasteiger partial charge in [-0.3, -0.25) is 9.59 Å². The highest BCUT2D eigenvalue weighted by Gasteiger charge is 2.78. The van der Waals surface area contributed by atoms with Crippen LogP contribution in [0.25, 0.3) is 0 Å². The van der Waals surface area contributed by atoms with Gasteiger partial charge in [-0.1, -0.05) is 44.5 Å². The summed E-state index contributed by atoms with van der Waals surface area (Å²) < 4.78 is 5.75. The fraction of sp³-hybridized carbons (Fsp3) is 0.467. The van der Waals surface area contributed by atoms with E-state index in [1.54, 1.807) is 24.3 Å². The van der Waals surface area contributed by atoms with Crippen LogP contribution in [0.15, 0.2) is 24.3 Å². The Morgan fingerprint density at radius 2 is 1.56 bits per heavy atom. The SMILES string of the molecule is CCCC12OC1(CC)C(=O)c1ccccc1C2=O. The van der Waals surface area contributed by atoms with E-state index in [0.717, 1.165) is 6.42 Å². The maximum atomic E-state index is 12.6. The van der Waals surface area contributed by atoms with E-state index in [4.69, 9.17) is 4.74 Å². The van der Waals surface area contributed by atoms with Crippen LogP contribution < -0.4 is 0 Å². The Hall–Kier alpha value is -1.48. The zero-order valence-electron chi connectivity index (χ0n) is 10.7. The molecule has 1 heterocycles. The van der Waals surface area contributed by atoms with Gasteiger partial charge in [-0.2, -0.15) is 0 Å². The average molecular weight is 244 g/mol. The highest BCUT2D eigenvalue weighted by Crippen LogP contribution is 2.59. The van der Waals surface area contributed by atoms with Crippen molar-refractivity contribution in [2.75, 3.05) is 0 Å². The molecular formula is C15H16O3. The Morgan fingerprint density at radius 3 is 2.06 bits per heavy atom. The van der Waals surface area contributed by atoms with Crippen molar-refractivity contribution in [1.82, 2.24) is 0 Å². The van der Waals surface area contributed by atoms with Gasteiger partial charge in [0.15, 0.2) is 22.8 Å². The predicted octanol–water partition coefficient (Wildman–Crippen LogP) is 2.78. The third kappa shape index (κ3) is 1.08. The van der Waals surface area contributed by atoms with Crippen molar-refractivity contribution in [1.29, 1.82) is 0 Å². The van der Waals surface area contributed by atoms with Gasteiger partial charge in [0.25, 0.3) is 0 Å². The second-order valence-corrected chi connectivity index (χ2v) is 5.06. The lowest BCUT2D eigenvalue weighted by molar-refractivity contribution is 0.0831. The summed E-state index contributed by atoms with van der Waals surface area (Å²) in [5.74, 6) is -0.0324. The van der Waals surface area contributed by atoms with Gasteiger partial charge in [0, 0.05) is 11.1 Å². The van der Waals surface area contributed by atoms with Crippen molar-refractivity contribution in [3.8, 4) is 0 Å². The molecule has 0 aromatic heterocycles. The maximum absolute atomic E-state index is 12.6. The Labute approximate surface area is 106 Å². The van der Waals surface area contributed by atoms with E-state index < -0.39 is 11.2 Å². The summed E-state index contributed by atoms with van der Waals surface area (Å²) in [5.41, 5.74) is -0.706. The molecule has 2 unspecified atom stereocenters. The molecule has 1 aromatic rings. The highest BCUT2D eigenvalue weighted by atomic mass is 16.6. The van der Waals surface area contributed by atoms with Crippen LogP contribution in [-0.4, -0.2) is 22.8 Å². The van der Waals surface area contributed by atoms with Crippen LogP contribution >= 0.6 is 0 Å². The molecule has 18 heavy (non-hydrogen) atoms. The molecular weight excluding hydrogens is 228 g/mol. The molecule has 94 valence electrons. The second kappa shape index (κ2) is 3.51. The second-order valence-electron chi connectivity index (χ2n) is 5.06. The quantitative estimate of drug-likeness (QED) is 0.768. The number of rotatable bonds is 3. The topological polar surface area (TPSA) is 46.7 Å². The van der Waals surface area contributed by atoms with E-state index in [-0.39, 0.29) is 11.6 Å². The largest absolute Gasteiger partial charge is 0.345 e. The van der Waals surface area contributed by atoms with Crippen molar-refractivity contribution < 1.29 is 14.3 Å². The lowest BCUT2D eigenvalue weighted by Gasteiger charge is -2.23. The van der Waals surface area contributed by atoms with Crippen molar-refractivity contribution in [3.05, 3.63) is 35.4 Å². The molecule has 3 rings (SSSR count). The minimum atomic E-state index is -0.881. The first-order chi connectivity index (χ1) is 8.63. The van der Waals surface area contributed by atoms with Gasteiger partial charge in [0.05, 0.1) is 0 Å². The molecule has 1 aromatic carbocycles. The van der Waals surface area contributed by atoms with E-state index in [0.29, 0.717) is 24.0 Å². The molecule has 2 atom stereocenters. The van der Waals surface area contributed by atoms with E-state index in [1.165, 1.54) is 0 Å². The van der Waals surface area contributed by atoms with E-state index in [2.05, 4.69) is 0 Å². The molecule has 3 heteroatoms. The van der Waals surface area contributed by atoms with Gasteiger partial charge in [-0.05, 0) is 12.8 Å². The number of carbonyl (C=O) groups is 2. The predicted molar refractivity (Wildman–Crippen MR) is 66.8 cm³/mol. The molecule has 0 saturated carbocycles. The number of carbonyl (C=O) groups excluding carboxylic acids is 2. The van der Waals surface area contributed by atoms with Gasteiger partial charge in [0.1, 0.15) is 0 Å². The van der Waals surface area contributed by atoms with Crippen molar-refractivity contribution in [2.45, 2.75) is 44.3 Å². The Balaban J connectivity index is 2.19. The zero-order chi connectivity index (χ0) is 13.0. The number of ketones is 2. The monoisotopic (exact) mass is 244 g/mol. The molecule has 1 aliphatic heterocycles. The minimum Gasteiger partial charge on any atom is -0.345 e. The minimum absolute atomic E-state index is 0.0126. The summed E-state index contributed by atoms with van der Waals surface area (Å²) in [5, 5.41) is 0.